The van der Waals surface area contributed by atoms with Gasteiger partial charge in [0.05, 0.1) is 15.7 Å². The van der Waals surface area contributed by atoms with Gasteiger partial charge < -0.3 is 10.5 Å². The van der Waals surface area contributed by atoms with Gasteiger partial charge in [-0.05, 0) is 35.0 Å². The van der Waals surface area contributed by atoms with Crippen molar-refractivity contribution in [1.29, 1.82) is 0 Å². The Morgan fingerprint density at radius 3 is 2.83 bits per heavy atom. The fourth-order valence-electron chi connectivity index (χ4n) is 1.70. The van der Waals surface area contributed by atoms with E-state index in [-0.39, 0.29) is 5.82 Å². The number of aromatic nitrogens is 2. The molecule has 0 saturated carbocycles. The standard InChI is InChI=1S/C12H13BrFN3O/c1-7-9(6-15)12(17(2)16-7)18-8-3-4-10(13)11(14)5-8/h3-5H,6,15H2,1-2H3. The van der Waals surface area contributed by atoms with Crippen LogP contribution < -0.4 is 10.5 Å². The van der Waals surface area contributed by atoms with Gasteiger partial charge in [0.15, 0.2) is 0 Å². The van der Waals surface area contributed by atoms with Crippen molar-refractivity contribution in [1.82, 2.24) is 9.78 Å². The van der Waals surface area contributed by atoms with Gasteiger partial charge in [-0.2, -0.15) is 5.10 Å². The van der Waals surface area contributed by atoms with E-state index in [1.165, 1.54) is 6.07 Å². The Morgan fingerprint density at radius 2 is 2.22 bits per heavy atom. The Kier molecular flexibility index (Phi) is 3.68. The molecule has 0 atom stereocenters. The lowest BCUT2D eigenvalue weighted by Gasteiger charge is -2.08. The number of hydrogen-bond acceptors (Lipinski definition) is 3. The summed E-state index contributed by atoms with van der Waals surface area (Å²) in [7, 11) is 1.76. The number of nitrogens with two attached hydrogens (primary N) is 1. The molecule has 0 unspecified atom stereocenters. The predicted molar refractivity (Wildman–Crippen MR) is 70.0 cm³/mol. The fourth-order valence-corrected chi connectivity index (χ4v) is 1.94. The van der Waals surface area contributed by atoms with Crippen LogP contribution in [0.4, 0.5) is 4.39 Å². The average molecular weight is 314 g/mol. The first-order valence-corrected chi connectivity index (χ1v) is 6.17. The first-order chi connectivity index (χ1) is 8.52. The van der Waals surface area contributed by atoms with Crippen LogP contribution in [0, 0.1) is 12.7 Å². The molecule has 0 amide bonds. The van der Waals surface area contributed by atoms with Crippen LogP contribution in [0.3, 0.4) is 0 Å². The van der Waals surface area contributed by atoms with Gasteiger partial charge >= 0.3 is 0 Å². The molecule has 18 heavy (non-hydrogen) atoms. The molecule has 1 heterocycles. The molecule has 0 radical (unpaired) electrons. The van der Waals surface area contributed by atoms with Gasteiger partial charge in [0.1, 0.15) is 11.6 Å². The molecular formula is C12H13BrFN3O. The lowest BCUT2D eigenvalue weighted by Crippen LogP contribution is -2.01. The third-order valence-electron chi connectivity index (χ3n) is 2.60. The van der Waals surface area contributed by atoms with E-state index in [4.69, 9.17) is 10.5 Å². The molecule has 0 saturated heterocycles. The number of aryl methyl sites for hydroxylation is 2. The van der Waals surface area contributed by atoms with Gasteiger partial charge in [-0.3, -0.25) is 0 Å². The fraction of sp³-hybridized carbons (Fsp3) is 0.250. The molecule has 0 aliphatic carbocycles. The Bertz CT molecular complexity index is 583. The zero-order valence-corrected chi connectivity index (χ0v) is 11.7. The largest absolute Gasteiger partial charge is 0.439 e. The first-order valence-electron chi connectivity index (χ1n) is 5.38. The first kappa shape index (κ1) is 13.0. The van der Waals surface area contributed by atoms with Crippen molar-refractivity contribution in [3.63, 3.8) is 0 Å². The van der Waals surface area contributed by atoms with E-state index in [1.807, 2.05) is 6.92 Å². The highest BCUT2D eigenvalue weighted by atomic mass is 79.9. The second-order valence-corrected chi connectivity index (χ2v) is 4.73. The van der Waals surface area contributed by atoms with Crippen LogP contribution in [-0.4, -0.2) is 9.78 Å². The van der Waals surface area contributed by atoms with Crippen LogP contribution in [0.15, 0.2) is 22.7 Å². The molecule has 0 fully saturated rings. The molecule has 0 bridgehead atoms. The Balaban J connectivity index is 2.36. The second-order valence-electron chi connectivity index (χ2n) is 3.87. The summed E-state index contributed by atoms with van der Waals surface area (Å²) in [4.78, 5) is 0. The minimum atomic E-state index is -0.374. The maximum absolute atomic E-state index is 13.4. The summed E-state index contributed by atoms with van der Waals surface area (Å²) in [5.41, 5.74) is 7.29. The van der Waals surface area contributed by atoms with E-state index < -0.39 is 0 Å². The molecule has 2 N–H and O–H groups in total. The number of rotatable bonds is 3. The summed E-state index contributed by atoms with van der Waals surface area (Å²) in [5.74, 6) is 0.575. The van der Waals surface area contributed by atoms with E-state index >= 15 is 0 Å². The van der Waals surface area contributed by atoms with E-state index in [0.717, 1.165) is 11.3 Å². The molecule has 1 aromatic carbocycles. The molecule has 2 aromatic rings. The van der Waals surface area contributed by atoms with Crippen LogP contribution in [0.25, 0.3) is 0 Å². The lowest BCUT2D eigenvalue weighted by atomic mass is 10.2. The molecule has 96 valence electrons. The summed E-state index contributed by atoms with van der Waals surface area (Å²) in [6.45, 7) is 2.19. The zero-order valence-electron chi connectivity index (χ0n) is 10.1. The van der Waals surface area contributed by atoms with Gasteiger partial charge in [-0.15, -0.1) is 0 Å². The molecular weight excluding hydrogens is 301 g/mol. The van der Waals surface area contributed by atoms with E-state index in [9.17, 15) is 4.39 Å². The molecule has 1 aromatic heterocycles. The molecule has 0 aliphatic heterocycles. The van der Waals surface area contributed by atoms with Gasteiger partial charge in [0, 0.05) is 19.7 Å². The molecule has 6 heteroatoms. The van der Waals surface area contributed by atoms with Crippen LogP contribution in [0.2, 0.25) is 0 Å². The van der Waals surface area contributed by atoms with Crippen LogP contribution >= 0.6 is 15.9 Å². The van der Waals surface area contributed by atoms with Crippen LogP contribution in [0.1, 0.15) is 11.3 Å². The Hall–Kier alpha value is -1.40. The highest BCUT2D eigenvalue weighted by Crippen LogP contribution is 2.29. The summed E-state index contributed by atoms with van der Waals surface area (Å²) in [6.07, 6.45) is 0. The van der Waals surface area contributed by atoms with Crippen molar-refractivity contribution >= 4 is 15.9 Å². The summed E-state index contributed by atoms with van der Waals surface area (Å²) in [6, 6.07) is 4.58. The van der Waals surface area contributed by atoms with E-state index in [0.29, 0.717) is 22.6 Å². The van der Waals surface area contributed by atoms with Crippen molar-refractivity contribution in [2.45, 2.75) is 13.5 Å². The number of hydrogen-bond donors (Lipinski definition) is 1. The highest BCUT2D eigenvalue weighted by molar-refractivity contribution is 9.10. The van der Waals surface area contributed by atoms with Crippen LogP contribution in [-0.2, 0) is 13.6 Å². The maximum atomic E-state index is 13.4. The zero-order chi connectivity index (χ0) is 13.3. The molecule has 2 rings (SSSR count). The quantitative estimate of drug-likeness (QED) is 0.948. The van der Waals surface area contributed by atoms with Crippen molar-refractivity contribution in [3.05, 3.63) is 39.7 Å². The molecule has 0 aliphatic rings. The average Bonchev–Trinajstić information content (AvgIpc) is 2.58. The van der Waals surface area contributed by atoms with Crippen molar-refractivity contribution < 1.29 is 9.13 Å². The van der Waals surface area contributed by atoms with Crippen LogP contribution in [0.5, 0.6) is 11.6 Å². The normalized spacial score (nSPS) is 10.7. The molecule has 4 nitrogen and oxygen atoms in total. The van der Waals surface area contributed by atoms with E-state index in [1.54, 1.807) is 23.9 Å². The SMILES string of the molecule is Cc1nn(C)c(Oc2ccc(Br)c(F)c2)c1CN. The minimum Gasteiger partial charge on any atom is -0.439 e. The van der Waals surface area contributed by atoms with Gasteiger partial charge in [-0.25, -0.2) is 9.07 Å². The smallest absolute Gasteiger partial charge is 0.222 e. The Labute approximate surface area is 113 Å². The third-order valence-corrected chi connectivity index (χ3v) is 3.24. The number of benzene rings is 1. The monoisotopic (exact) mass is 313 g/mol. The summed E-state index contributed by atoms with van der Waals surface area (Å²) >= 11 is 3.09. The predicted octanol–water partition coefficient (Wildman–Crippen LogP) is 2.88. The third kappa shape index (κ3) is 2.39. The van der Waals surface area contributed by atoms with Crippen molar-refractivity contribution in [2.75, 3.05) is 0 Å². The molecule has 0 spiro atoms. The minimum absolute atomic E-state index is 0.327. The topological polar surface area (TPSA) is 53.1 Å². The summed E-state index contributed by atoms with van der Waals surface area (Å²) < 4.78 is 21.0. The summed E-state index contributed by atoms with van der Waals surface area (Å²) in [5, 5.41) is 4.23. The second kappa shape index (κ2) is 5.07. The number of nitrogens with zero attached hydrogens (tertiary/aromatic N) is 2. The van der Waals surface area contributed by atoms with Gasteiger partial charge in [0.2, 0.25) is 5.88 Å². The highest BCUT2D eigenvalue weighted by Gasteiger charge is 2.14. The number of halogens is 2. The van der Waals surface area contributed by atoms with Crippen molar-refractivity contribution in [2.24, 2.45) is 12.8 Å². The van der Waals surface area contributed by atoms with Crippen molar-refractivity contribution in [3.8, 4) is 11.6 Å². The van der Waals surface area contributed by atoms with Gasteiger partial charge in [-0.1, -0.05) is 0 Å². The maximum Gasteiger partial charge on any atom is 0.222 e. The Morgan fingerprint density at radius 1 is 1.50 bits per heavy atom. The van der Waals surface area contributed by atoms with E-state index in [2.05, 4.69) is 21.0 Å². The number of ether oxygens (including phenoxy) is 1. The lowest BCUT2D eigenvalue weighted by molar-refractivity contribution is 0.422. The van der Waals surface area contributed by atoms with Gasteiger partial charge in [0.25, 0.3) is 0 Å².